The molecule has 0 spiro atoms. The van der Waals surface area contributed by atoms with Crippen molar-refractivity contribution in [3.05, 3.63) is 36.2 Å². The van der Waals surface area contributed by atoms with E-state index in [-0.39, 0.29) is 0 Å². The molecule has 0 amide bonds. The second-order valence-electron chi connectivity index (χ2n) is 1.97. The predicted molar refractivity (Wildman–Crippen MR) is 45.3 cm³/mol. The van der Waals surface area contributed by atoms with Crippen molar-refractivity contribution >= 4 is 0 Å². The van der Waals surface area contributed by atoms with E-state index in [1.165, 1.54) is 0 Å². The van der Waals surface area contributed by atoms with E-state index in [0.29, 0.717) is 0 Å². The van der Waals surface area contributed by atoms with Gasteiger partial charge < -0.3 is 11.1 Å². The van der Waals surface area contributed by atoms with Crippen molar-refractivity contribution in [3.63, 3.8) is 0 Å². The monoisotopic (exact) mass is 138 g/mol. The van der Waals surface area contributed by atoms with Gasteiger partial charge in [-0.25, -0.2) is 0 Å². The minimum absolute atomic E-state index is 0.738. The van der Waals surface area contributed by atoms with E-state index in [1.54, 1.807) is 12.3 Å². The normalized spacial score (nSPS) is 13.0. The third-order valence-electron chi connectivity index (χ3n) is 1.12. The SMILES string of the molecule is C=C/C=C(C)\C(N)=C/NC. The average molecular weight is 138 g/mol. The molecule has 0 aliphatic heterocycles. The molecule has 0 saturated heterocycles. The maximum absolute atomic E-state index is 5.60. The number of allylic oxidation sites excluding steroid dienone is 3. The van der Waals surface area contributed by atoms with Crippen LogP contribution in [0, 0.1) is 0 Å². The molecule has 0 radical (unpaired) electrons. The first-order valence-corrected chi connectivity index (χ1v) is 3.15. The van der Waals surface area contributed by atoms with E-state index in [4.69, 9.17) is 5.73 Å². The van der Waals surface area contributed by atoms with Gasteiger partial charge in [0.1, 0.15) is 0 Å². The van der Waals surface area contributed by atoms with Crippen LogP contribution in [0.15, 0.2) is 36.2 Å². The lowest BCUT2D eigenvalue weighted by atomic mass is 10.2. The fourth-order valence-corrected chi connectivity index (χ4v) is 0.542. The second-order valence-corrected chi connectivity index (χ2v) is 1.97. The summed E-state index contributed by atoms with van der Waals surface area (Å²) in [5.41, 5.74) is 7.35. The summed E-state index contributed by atoms with van der Waals surface area (Å²) in [6, 6.07) is 0. The van der Waals surface area contributed by atoms with Gasteiger partial charge in [-0.05, 0) is 12.5 Å². The Morgan fingerprint density at radius 1 is 1.60 bits per heavy atom. The highest BCUT2D eigenvalue weighted by Gasteiger charge is 1.88. The molecule has 0 aromatic heterocycles. The lowest BCUT2D eigenvalue weighted by Gasteiger charge is -1.98. The molecular formula is C8H14N2. The summed E-state index contributed by atoms with van der Waals surface area (Å²) in [5.74, 6) is 0. The zero-order valence-electron chi connectivity index (χ0n) is 6.52. The van der Waals surface area contributed by atoms with Crippen LogP contribution in [0.1, 0.15) is 6.92 Å². The van der Waals surface area contributed by atoms with E-state index in [0.717, 1.165) is 11.3 Å². The molecule has 0 aliphatic rings. The van der Waals surface area contributed by atoms with Crippen LogP contribution >= 0.6 is 0 Å². The van der Waals surface area contributed by atoms with Crippen LogP contribution < -0.4 is 11.1 Å². The maximum atomic E-state index is 5.60. The van der Waals surface area contributed by atoms with Crippen molar-refractivity contribution in [2.24, 2.45) is 5.73 Å². The minimum Gasteiger partial charge on any atom is -0.397 e. The van der Waals surface area contributed by atoms with E-state index in [2.05, 4.69) is 11.9 Å². The standard InChI is InChI=1S/C8H14N2/c1-4-5-7(2)8(9)6-10-3/h4-6,10H,1,9H2,2-3H3/b7-5-,8-6+. The summed E-state index contributed by atoms with van der Waals surface area (Å²) >= 11 is 0. The molecule has 0 unspecified atom stereocenters. The van der Waals surface area contributed by atoms with E-state index < -0.39 is 0 Å². The molecule has 10 heavy (non-hydrogen) atoms. The molecule has 0 saturated carbocycles. The molecule has 0 heterocycles. The van der Waals surface area contributed by atoms with Gasteiger partial charge in [0.15, 0.2) is 0 Å². The Kier molecular flexibility index (Phi) is 4.12. The van der Waals surface area contributed by atoms with Gasteiger partial charge in [0, 0.05) is 13.2 Å². The van der Waals surface area contributed by atoms with Crippen molar-refractivity contribution < 1.29 is 0 Å². The second kappa shape index (κ2) is 4.68. The van der Waals surface area contributed by atoms with Gasteiger partial charge in [0.05, 0.1) is 5.70 Å². The number of nitrogens with one attached hydrogen (secondary N) is 1. The van der Waals surface area contributed by atoms with Crippen molar-refractivity contribution in [1.29, 1.82) is 0 Å². The molecule has 0 aliphatic carbocycles. The summed E-state index contributed by atoms with van der Waals surface area (Å²) in [6.45, 7) is 5.50. The van der Waals surface area contributed by atoms with Gasteiger partial charge in [-0.15, -0.1) is 0 Å². The van der Waals surface area contributed by atoms with Crippen molar-refractivity contribution in [1.82, 2.24) is 5.32 Å². The van der Waals surface area contributed by atoms with Crippen molar-refractivity contribution in [2.45, 2.75) is 6.92 Å². The molecule has 2 heteroatoms. The first-order chi connectivity index (χ1) is 4.72. The van der Waals surface area contributed by atoms with Gasteiger partial charge in [-0.3, -0.25) is 0 Å². The minimum atomic E-state index is 0.738. The quantitative estimate of drug-likeness (QED) is 0.574. The highest BCUT2D eigenvalue weighted by molar-refractivity contribution is 5.28. The van der Waals surface area contributed by atoms with Gasteiger partial charge in [0.25, 0.3) is 0 Å². The lowest BCUT2D eigenvalue weighted by molar-refractivity contribution is 1.06. The first kappa shape index (κ1) is 8.82. The molecule has 3 N–H and O–H groups in total. The summed E-state index contributed by atoms with van der Waals surface area (Å²) < 4.78 is 0. The van der Waals surface area contributed by atoms with Crippen LogP contribution in [0.25, 0.3) is 0 Å². The molecule has 0 aromatic rings. The third-order valence-corrected chi connectivity index (χ3v) is 1.12. The number of hydrogen-bond donors (Lipinski definition) is 2. The number of rotatable bonds is 3. The van der Waals surface area contributed by atoms with Crippen LogP contribution in [-0.2, 0) is 0 Å². The Hall–Kier alpha value is -1.18. The lowest BCUT2D eigenvalue weighted by Crippen LogP contribution is -2.04. The molecule has 0 atom stereocenters. The predicted octanol–water partition coefficient (Wildman–Crippen LogP) is 1.14. The van der Waals surface area contributed by atoms with Gasteiger partial charge in [-0.1, -0.05) is 18.7 Å². The van der Waals surface area contributed by atoms with Gasteiger partial charge in [-0.2, -0.15) is 0 Å². The molecule has 0 fully saturated rings. The largest absolute Gasteiger partial charge is 0.397 e. The zero-order chi connectivity index (χ0) is 7.98. The summed E-state index contributed by atoms with van der Waals surface area (Å²) in [6.07, 6.45) is 5.32. The Bertz CT molecular complexity index is 166. The fourth-order valence-electron chi connectivity index (χ4n) is 0.542. The van der Waals surface area contributed by atoms with Crippen molar-refractivity contribution in [3.8, 4) is 0 Å². The highest BCUT2D eigenvalue weighted by atomic mass is 14.8. The van der Waals surface area contributed by atoms with Crippen LogP contribution in [0.5, 0.6) is 0 Å². The molecular weight excluding hydrogens is 124 g/mol. The molecule has 0 bridgehead atoms. The summed E-state index contributed by atoms with van der Waals surface area (Å²) in [7, 11) is 1.81. The Labute approximate surface area is 62.1 Å². The van der Waals surface area contributed by atoms with E-state index >= 15 is 0 Å². The summed E-state index contributed by atoms with van der Waals surface area (Å²) in [5, 5.41) is 2.84. The smallest absolute Gasteiger partial charge is 0.0503 e. The first-order valence-electron chi connectivity index (χ1n) is 3.15. The van der Waals surface area contributed by atoms with Crippen molar-refractivity contribution in [2.75, 3.05) is 7.05 Å². The third kappa shape index (κ3) is 2.97. The van der Waals surface area contributed by atoms with Gasteiger partial charge in [0.2, 0.25) is 0 Å². The highest BCUT2D eigenvalue weighted by Crippen LogP contribution is 1.99. The average Bonchev–Trinajstić information content (AvgIpc) is 1.89. The fraction of sp³-hybridized carbons (Fsp3) is 0.250. The molecule has 2 nitrogen and oxygen atoms in total. The summed E-state index contributed by atoms with van der Waals surface area (Å²) in [4.78, 5) is 0. The number of hydrogen-bond acceptors (Lipinski definition) is 2. The van der Waals surface area contributed by atoms with Crippen LogP contribution in [0.3, 0.4) is 0 Å². The topological polar surface area (TPSA) is 38.0 Å². The molecule has 0 rings (SSSR count). The molecule has 56 valence electrons. The van der Waals surface area contributed by atoms with Crippen LogP contribution in [-0.4, -0.2) is 7.05 Å². The molecule has 0 aromatic carbocycles. The van der Waals surface area contributed by atoms with Crippen LogP contribution in [0.2, 0.25) is 0 Å². The Morgan fingerprint density at radius 3 is 2.60 bits per heavy atom. The Balaban J connectivity index is 4.19. The van der Waals surface area contributed by atoms with Gasteiger partial charge >= 0.3 is 0 Å². The zero-order valence-corrected chi connectivity index (χ0v) is 6.52. The van der Waals surface area contributed by atoms with Crippen LogP contribution in [0.4, 0.5) is 0 Å². The Morgan fingerprint density at radius 2 is 2.20 bits per heavy atom. The maximum Gasteiger partial charge on any atom is 0.0503 e. The van der Waals surface area contributed by atoms with E-state index in [9.17, 15) is 0 Å². The van der Waals surface area contributed by atoms with E-state index in [1.807, 2.05) is 20.0 Å². The number of nitrogens with two attached hydrogens (primary N) is 1.